The Morgan fingerprint density at radius 1 is 1.60 bits per heavy atom. The molecule has 0 spiro atoms. The van der Waals surface area contributed by atoms with Gasteiger partial charge in [-0.25, -0.2) is 0 Å². The quantitative estimate of drug-likeness (QED) is 0.743. The highest BCUT2D eigenvalue weighted by molar-refractivity contribution is 5.77. The van der Waals surface area contributed by atoms with Gasteiger partial charge < -0.3 is 19.9 Å². The molecule has 0 aromatic carbocycles. The Morgan fingerprint density at radius 2 is 2.45 bits per heavy atom. The van der Waals surface area contributed by atoms with E-state index in [-0.39, 0.29) is 30.9 Å². The first kappa shape index (κ1) is 14.4. The number of aromatic nitrogens is 2. The van der Waals surface area contributed by atoms with Gasteiger partial charge >= 0.3 is 0 Å². The van der Waals surface area contributed by atoms with Gasteiger partial charge in [0.2, 0.25) is 17.7 Å². The van der Waals surface area contributed by atoms with Crippen LogP contribution in [-0.4, -0.2) is 41.7 Å². The van der Waals surface area contributed by atoms with E-state index < -0.39 is 0 Å². The maximum atomic E-state index is 11.3. The van der Waals surface area contributed by atoms with Crippen molar-refractivity contribution in [3.05, 3.63) is 11.7 Å². The Balaban J connectivity index is 1.82. The molecule has 0 aliphatic carbocycles. The maximum Gasteiger partial charge on any atom is 0.246 e. The molecule has 110 valence electrons. The second-order valence-electron chi connectivity index (χ2n) is 4.50. The van der Waals surface area contributed by atoms with Gasteiger partial charge in [0.25, 0.3) is 0 Å². The van der Waals surface area contributed by atoms with Crippen LogP contribution in [0.25, 0.3) is 0 Å². The van der Waals surface area contributed by atoms with E-state index in [1.165, 1.54) is 0 Å². The van der Waals surface area contributed by atoms with Crippen molar-refractivity contribution in [2.45, 2.75) is 32.2 Å². The summed E-state index contributed by atoms with van der Waals surface area (Å²) in [5.74, 6) is 0.603. The fraction of sp³-hybridized carbons (Fsp3) is 0.667. The molecule has 2 amide bonds. The number of amides is 2. The van der Waals surface area contributed by atoms with Crippen LogP contribution in [0.5, 0.6) is 0 Å². The molecule has 1 aliphatic rings. The number of carbonyl (C=O) groups is 2. The Morgan fingerprint density at radius 3 is 3.20 bits per heavy atom. The third kappa shape index (κ3) is 4.02. The molecule has 2 heterocycles. The fourth-order valence-electron chi connectivity index (χ4n) is 1.93. The number of ether oxygens (including phenoxy) is 1. The largest absolute Gasteiger partial charge is 0.372 e. The van der Waals surface area contributed by atoms with Crippen molar-refractivity contribution in [1.82, 2.24) is 20.8 Å². The number of hydrogen-bond donors (Lipinski definition) is 2. The average molecular weight is 282 g/mol. The topological polar surface area (TPSA) is 106 Å². The molecule has 0 saturated carbocycles. The Kier molecular flexibility index (Phi) is 5.05. The minimum Gasteiger partial charge on any atom is -0.372 e. The summed E-state index contributed by atoms with van der Waals surface area (Å²) in [5, 5.41) is 9.24. The van der Waals surface area contributed by atoms with Gasteiger partial charge in [0.15, 0.2) is 5.82 Å². The molecule has 1 fully saturated rings. The van der Waals surface area contributed by atoms with Crippen LogP contribution in [0.4, 0.5) is 0 Å². The van der Waals surface area contributed by atoms with Crippen molar-refractivity contribution >= 4 is 11.8 Å². The van der Waals surface area contributed by atoms with Crippen molar-refractivity contribution < 1.29 is 18.8 Å². The first-order valence-electron chi connectivity index (χ1n) is 6.62. The van der Waals surface area contributed by atoms with Crippen LogP contribution in [0.3, 0.4) is 0 Å². The molecule has 0 bridgehead atoms. The van der Waals surface area contributed by atoms with Gasteiger partial charge in [-0.05, 0) is 13.3 Å². The lowest BCUT2D eigenvalue weighted by atomic mass is 9.97. The number of hydrogen-bond acceptors (Lipinski definition) is 6. The minimum absolute atomic E-state index is 0.00221. The van der Waals surface area contributed by atoms with Gasteiger partial charge in [-0.3, -0.25) is 9.59 Å². The summed E-state index contributed by atoms with van der Waals surface area (Å²) >= 11 is 0. The fourth-order valence-corrected chi connectivity index (χ4v) is 1.93. The third-order valence-corrected chi connectivity index (χ3v) is 2.97. The first-order chi connectivity index (χ1) is 9.69. The zero-order chi connectivity index (χ0) is 14.4. The van der Waals surface area contributed by atoms with Crippen molar-refractivity contribution in [3.63, 3.8) is 0 Å². The van der Waals surface area contributed by atoms with E-state index in [1.54, 1.807) is 0 Å². The van der Waals surface area contributed by atoms with Crippen LogP contribution >= 0.6 is 0 Å². The summed E-state index contributed by atoms with van der Waals surface area (Å²) in [7, 11) is 0. The van der Waals surface area contributed by atoms with Crippen LogP contribution in [0.15, 0.2) is 4.52 Å². The molecule has 1 saturated heterocycles. The normalized spacial score (nSPS) is 18.6. The summed E-state index contributed by atoms with van der Waals surface area (Å²) in [5.41, 5.74) is 0. The monoisotopic (exact) mass is 282 g/mol. The van der Waals surface area contributed by atoms with Gasteiger partial charge in [-0.15, -0.1) is 0 Å². The Bertz CT molecular complexity index is 474. The lowest BCUT2D eigenvalue weighted by Gasteiger charge is -2.18. The standard InChI is InChI=1S/C12H18N4O4/c1-2-19-7-10(18)14-6-11-15-12(16-20-11)8-3-4-13-9(17)5-8/h8H,2-7H2,1H3,(H,13,17)(H,14,18). The first-order valence-corrected chi connectivity index (χ1v) is 6.62. The van der Waals surface area contributed by atoms with Crippen LogP contribution in [0, 0.1) is 0 Å². The predicted molar refractivity (Wildman–Crippen MR) is 67.6 cm³/mol. The van der Waals surface area contributed by atoms with E-state index >= 15 is 0 Å². The van der Waals surface area contributed by atoms with E-state index in [0.717, 1.165) is 6.42 Å². The molecule has 1 aliphatic heterocycles. The molecule has 1 atom stereocenters. The van der Waals surface area contributed by atoms with E-state index in [9.17, 15) is 9.59 Å². The summed E-state index contributed by atoms with van der Waals surface area (Å²) in [6.07, 6.45) is 1.16. The molecule has 1 unspecified atom stereocenters. The molecule has 20 heavy (non-hydrogen) atoms. The zero-order valence-corrected chi connectivity index (χ0v) is 11.3. The van der Waals surface area contributed by atoms with Crippen molar-refractivity contribution in [3.8, 4) is 0 Å². The molecule has 8 nitrogen and oxygen atoms in total. The van der Waals surface area contributed by atoms with Crippen LogP contribution in [0.1, 0.15) is 37.4 Å². The summed E-state index contributed by atoms with van der Waals surface area (Å²) < 4.78 is 10.0. The van der Waals surface area contributed by atoms with Gasteiger partial charge in [0, 0.05) is 25.5 Å². The summed E-state index contributed by atoms with van der Waals surface area (Å²) in [6.45, 7) is 3.11. The molecular weight excluding hydrogens is 264 g/mol. The van der Waals surface area contributed by atoms with E-state index in [4.69, 9.17) is 9.26 Å². The van der Waals surface area contributed by atoms with E-state index in [2.05, 4.69) is 20.8 Å². The lowest BCUT2D eigenvalue weighted by Crippen LogP contribution is -2.33. The second-order valence-corrected chi connectivity index (χ2v) is 4.50. The van der Waals surface area contributed by atoms with Crippen LogP contribution < -0.4 is 10.6 Å². The molecule has 2 rings (SSSR count). The number of carbonyl (C=O) groups excluding carboxylic acids is 2. The highest BCUT2D eigenvalue weighted by atomic mass is 16.5. The molecule has 2 N–H and O–H groups in total. The highest BCUT2D eigenvalue weighted by Gasteiger charge is 2.25. The van der Waals surface area contributed by atoms with Gasteiger partial charge in [0.05, 0.1) is 6.54 Å². The summed E-state index contributed by atoms with van der Waals surface area (Å²) in [6, 6.07) is 0. The smallest absolute Gasteiger partial charge is 0.246 e. The van der Waals surface area contributed by atoms with Gasteiger partial charge in [-0.1, -0.05) is 5.16 Å². The number of rotatable bonds is 6. The minimum atomic E-state index is -0.233. The molecular formula is C12H18N4O4. The molecule has 8 heteroatoms. The number of nitrogens with zero attached hydrogens (tertiary/aromatic N) is 2. The van der Waals surface area contributed by atoms with Crippen LogP contribution in [0.2, 0.25) is 0 Å². The number of piperidine rings is 1. The second kappa shape index (κ2) is 6.99. The number of nitrogens with one attached hydrogen (secondary N) is 2. The summed E-state index contributed by atoms with van der Waals surface area (Å²) in [4.78, 5) is 26.9. The SMILES string of the molecule is CCOCC(=O)NCc1nc(C2CCNC(=O)C2)no1. The zero-order valence-electron chi connectivity index (χ0n) is 11.3. The Labute approximate surface area is 116 Å². The molecule has 1 aromatic heterocycles. The molecule has 1 aromatic rings. The van der Waals surface area contributed by atoms with Crippen molar-refractivity contribution in [2.75, 3.05) is 19.8 Å². The van der Waals surface area contributed by atoms with Gasteiger partial charge in [-0.2, -0.15) is 4.98 Å². The predicted octanol–water partition coefficient (Wildman–Crippen LogP) is -0.284. The van der Waals surface area contributed by atoms with Crippen molar-refractivity contribution in [2.24, 2.45) is 0 Å². The van der Waals surface area contributed by atoms with E-state index in [0.29, 0.717) is 31.3 Å². The maximum absolute atomic E-state index is 11.3. The van der Waals surface area contributed by atoms with E-state index in [1.807, 2.05) is 6.92 Å². The van der Waals surface area contributed by atoms with Gasteiger partial charge in [0.1, 0.15) is 6.61 Å². The molecule has 0 radical (unpaired) electrons. The average Bonchev–Trinajstić information content (AvgIpc) is 2.92. The third-order valence-electron chi connectivity index (χ3n) is 2.97. The lowest BCUT2D eigenvalue weighted by molar-refractivity contribution is -0.126. The highest BCUT2D eigenvalue weighted by Crippen LogP contribution is 2.22. The Hall–Kier alpha value is -1.96. The van der Waals surface area contributed by atoms with Crippen LogP contribution in [-0.2, 0) is 20.9 Å². The van der Waals surface area contributed by atoms with Crippen molar-refractivity contribution in [1.29, 1.82) is 0 Å².